The molecule has 22 heavy (non-hydrogen) atoms. The maximum atomic E-state index is 12.3. The molecule has 1 aromatic heterocycles. The van der Waals surface area contributed by atoms with Crippen LogP contribution in [0.4, 0.5) is 9.93 Å². The lowest BCUT2D eigenvalue weighted by molar-refractivity contribution is -0.129. The quantitative estimate of drug-likeness (QED) is 0.908. The monoisotopic (exact) mass is 324 g/mol. The van der Waals surface area contributed by atoms with E-state index in [0.717, 1.165) is 18.5 Å². The van der Waals surface area contributed by atoms with Crippen LogP contribution in [0.2, 0.25) is 0 Å². The number of nitrogens with one attached hydrogen (secondary N) is 1. The summed E-state index contributed by atoms with van der Waals surface area (Å²) in [4.78, 5) is 31.8. The molecule has 1 saturated heterocycles. The van der Waals surface area contributed by atoms with E-state index >= 15 is 0 Å². The van der Waals surface area contributed by atoms with Crippen molar-refractivity contribution in [1.29, 1.82) is 0 Å². The molecule has 0 saturated carbocycles. The number of aromatic nitrogens is 1. The molecule has 0 aliphatic carbocycles. The third kappa shape index (κ3) is 4.69. The molecule has 0 unspecified atom stereocenters. The molecular weight excluding hydrogens is 300 g/mol. The molecule has 0 radical (unpaired) electrons. The molecule has 0 aromatic carbocycles. The van der Waals surface area contributed by atoms with Crippen LogP contribution < -0.4 is 5.32 Å². The molecule has 1 N–H and O–H groups in total. The van der Waals surface area contributed by atoms with Crippen LogP contribution in [-0.4, -0.2) is 53.4 Å². The number of carbonyl (C=O) groups is 2. The number of hydrogen-bond donors (Lipinski definition) is 1. The Kier molecular flexibility index (Phi) is 5.05. The van der Waals surface area contributed by atoms with E-state index in [1.165, 1.54) is 11.3 Å². The summed E-state index contributed by atoms with van der Waals surface area (Å²) in [5, 5.41) is 5.37. The number of likely N-dealkylation sites (N-methyl/N-ethyl adjacent to an activating group) is 1. The minimum Gasteiger partial charge on any atom is -0.344 e. The van der Waals surface area contributed by atoms with Gasteiger partial charge in [0.25, 0.3) is 0 Å². The zero-order valence-corrected chi connectivity index (χ0v) is 14.5. The first-order valence-electron chi connectivity index (χ1n) is 7.49. The Hall–Kier alpha value is -1.63. The summed E-state index contributed by atoms with van der Waals surface area (Å²) in [7, 11) is 1.77. The Morgan fingerprint density at radius 2 is 2.14 bits per heavy atom. The van der Waals surface area contributed by atoms with E-state index in [0.29, 0.717) is 18.2 Å². The van der Waals surface area contributed by atoms with Gasteiger partial charge in [-0.25, -0.2) is 9.78 Å². The molecule has 1 aliphatic heterocycles. The summed E-state index contributed by atoms with van der Waals surface area (Å²) >= 11 is 1.42. The van der Waals surface area contributed by atoms with Crippen LogP contribution in [0.25, 0.3) is 0 Å². The van der Waals surface area contributed by atoms with E-state index in [-0.39, 0.29) is 23.9 Å². The largest absolute Gasteiger partial charge is 0.344 e. The highest BCUT2D eigenvalue weighted by Gasteiger charge is 2.23. The average Bonchev–Trinajstić information content (AvgIpc) is 2.73. The van der Waals surface area contributed by atoms with Crippen LogP contribution in [0, 0.1) is 5.41 Å². The van der Waals surface area contributed by atoms with Gasteiger partial charge in [-0.2, -0.15) is 0 Å². The Labute approximate surface area is 135 Å². The standard InChI is InChI=1S/C15H24N4O2S/c1-15(2,3)8-11-10-22-13(16-11)17-14(21)19-7-5-6-18(4)12(20)9-19/h10H,5-9H2,1-4H3,(H,16,17,21). The van der Waals surface area contributed by atoms with Crippen molar-refractivity contribution >= 4 is 28.4 Å². The summed E-state index contributed by atoms with van der Waals surface area (Å²) in [5.41, 5.74) is 1.15. The second-order valence-corrected chi connectivity index (χ2v) is 7.76. The maximum Gasteiger partial charge on any atom is 0.324 e. The minimum absolute atomic E-state index is 0.0276. The van der Waals surface area contributed by atoms with Gasteiger partial charge < -0.3 is 9.80 Å². The summed E-state index contributed by atoms with van der Waals surface area (Å²) in [6.45, 7) is 7.87. The molecule has 2 heterocycles. The first-order chi connectivity index (χ1) is 10.2. The maximum absolute atomic E-state index is 12.3. The zero-order chi connectivity index (χ0) is 16.3. The van der Waals surface area contributed by atoms with Gasteiger partial charge in [0.05, 0.1) is 5.69 Å². The van der Waals surface area contributed by atoms with Gasteiger partial charge in [0.15, 0.2) is 5.13 Å². The van der Waals surface area contributed by atoms with Crippen molar-refractivity contribution in [3.8, 4) is 0 Å². The number of hydrogen-bond acceptors (Lipinski definition) is 4. The van der Waals surface area contributed by atoms with E-state index in [1.807, 2.05) is 5.38 Å². The summed E-state index contributed by atoms with van der Waals surface area (Å²) < 4.78 is 0. The molecule has 1 aromatic rings. The molecule has 1 aliphatic rings. The molecule has 7 heteroatoms. The molecule has 2 rings (SSSR count). The number of amides is 3. The summed E-state index contributed by atoms with van der Waals surface area (Å²) in [6, 6.07) is -0.250. The van der Waals surface area contributed by atoms with Crippen molar-refractivity contribution in [3.05, 3.63) is 11.1 Å². The lowest BCUT2D eigenvalue weighted by Gasteiger charge is -2.19. The molecule has 0 atom stereocenters. The smallest absolute Gasteiger partial charge is 0.324 e. The minimum atomic E-state index is -0.250. The normalized spacial score (nSPS) is 16.6. The second kappa shape index (κ2) is 6.64. The highest BCUT2D eigenvalue weighted by atomic mass is 32.1. The number of urea groups is 1. The van der Waals surface area contributed by atoms with Crippen LogP contribution in [-0.2, 0) is 11.2 Å². The summed E-state index contributed by atoms with van der Waals surface area (Å²) in [5.74, 6) is -0.0276. The number of anilines is 1. The fraction of sp³-hybridized carbons (Fsp3) is 0.667. The first-order valence-corrected chi connectivity index (χ1v) is 8.37. The predicted molar refractivity (Wildman–Crippen MR) is 88.1 cm³/mol. The molecular formula is C15H24N4O2S. The number of nitrogens with zero attached hydrogens (tertiary/aromatic N) is 3. The topological polar surface area (TPSA) is 65.5 Å². The zero-order valence-electron chi connectivity index (χ0n) is 13.7. The molecule has 1 fully saturated rings. The van der Waals surface area contributed by atoms with Crippen LogP contribution in [0.1, 0.15) is 32.9 Å². The van der Waals surface area contributed by atoms with Gasteiger partial charge in [0, 0.05) is 25.5 Å². The van der Waals surface area contributed by atoms with E-state index in [2.05, 4.69) is 31.1 Å². The van der Waals surface area contributed by atoms with Crippen LogP contribution in [0.15, 0.2) is 5.38 Å². The third-order valence-electron chi connectivity index (χ3n) is 3.44. The first kappa shape index (κ1) is 16.7. The van der Waals surface area contributed by atoms with Gasteiger partial charge in [-0.05, 0) is 18.3 Å². The van der Waals surface area contributed by atoms with Crippen molar-refractivity contribution in [1.82, 2.24) is 14.8 Å². The van der Waals surface area contributed by atoms with E-state index in [4.69, 9.17) is 0 Å². The van der Waals surface area contributed by atoms with E-state index < -0.39 is 0 Å². The van der Waals surface area contributed by atoms with E-state index in [9.17, 15) is 9.59 Å². The SMILES string of the molecule is CN1CCCN(C(=O)Nc2nc(CC(C)(C)C)cs2)CC1=O. The molecule has 0 spiro atoms. The van der Waals surface area contributed by atoms with Gasteiger partial charge in [0.2, 0.25) is 5.91 Å². The number of carbonyl (C=O) groups excluding carboxylic acids is 2. The third-order valence-corrected chi connectivity index (χ3v) is 4.24. The van der Waals surface area contributed by atoms with Gasteiger partial charge in [-0.3, -0.25) is 10.1 Å². The van der Waals surface area contributed by atoms with Crippen molar-refractivity contribution in [2.45, 2.75) is 33.6 Å². The average molecular weight is 324 g/mol. The van der Waals surface area contributed by atoms with Crippen LogP contribution >= 0.6 is 11.3 Å². The van der Waals surface area contributed by atoms with Crippen molar-refractivity contribution in [2.75, 3.05) is 32.0 Å². The summed E-state index contributed by atoms with van der Waals surface area (Å²) in [6.07, 6.45) is 1.66. The van der Waals surface area contributed by atoms with Crippen molar-refractivity contribution in [3.63, 3.8) is 0 Å². The van der Waals surface area contributed by atoms with Gasteiger partial charge >= 0.3 is 6.03 Å². The van der Waals surface area contributed by atoms with Crippen LogP contribution in [0.3, 0.4) is 0 Å². The predicted octanol–water partition coefficient (Wildman–Crippen LogP) is 2.43. The van der Waals surface area contributed by atoms with Crippen molar-refractivity contribution < 1.29 is 9.59 Å². The fourth-order valence-corrected chi connectivity index (χ4v) is 3.02. The molecule has 122 valence electrons. The Morgan fingerprint density at radius 1 is 1.41 bits per heavy atom. The number of rotatable bonds is 2. The van der Waals surface area contributed by atoms with Gasteiger partial charge in [0.1, 0.15) is 6.54 Å². The molecule has 6 nitrogen and oxygen atoms in total. The molecule has 0 bridgehead atoms. The number of thiazole rings is 1. The highest BCUT2D eigenvalue weighted by Crippen LogP contribution is 2.24. The molecule has 3 amide bonds. The Balaban J connectivity index is 1.95. The lowest BCUT2D eigenvalue weighted by atomic mass is 9.91. The highest BCUT2D eigenvalue weighted by molar-refractivity contribution is 7.13. The van der Waals surface area contributed by atoms with Crippen LogP contribution in [0.5, 0.6) is 0 Å². The second-order valence-electron chi connectivity index (χ2n) is 6.90. The Morgan fingerprint density at radius 3 is 2.82 bits per heavy atom. The lowest BCUT2D eigenvalue weighted by Crippen LogP contribution is -2.40. The van der Waals surface area contributed by atoms with Gasteiger partial charge in [-0.15, -0.1) is 11.3 Å². The van der Waals surface area contributed by atoms with Gasteiger partial charge in [-0.1, -0.05) is 20.8 Å². The fourth-order valence-electron chi connectivity index (χ4n) is 2.32. The van der Waals surface area contributed by atoms with Crippen molar-refractivity contribution in [2.24, 2.45) is 5.41 Å². The Bertz CT molecular complexity index is 550. The van der Waals surface area contributed by atoms with E-state index in [1.54, 1.807) is 16.8 Å².